The van der Waals surface area contributed by atoms with Gasteiger partial charge in [-0.1, -0.05) is 38.0 Å². The number of para-hydroxylation sites is 1. The molecule has 2 atom stereocenters. The highest BCUT2D eigenvalue weighted by Gasteiger charge is 2.27. The molecule has 1 N–H and O–H groups in total. The Kier molecular flexibility index (Phi) is 5.15. The normalized spacial score (nSPS) is 26.7. The molecule has 0 amide bonds. The van der Waals surface area contributed by atoms with E-state index in [1.807, 2.05) is 0 Å². The fourth-order valence-corrected chi connectivity index (χ4v) is 3.82. The fourth-order valence-electron chi connectivity index (χ4n) is 3.82. The Labute approximate surface area is 128 Å². The molecule has 1 aliphatic heterocycles. The number of rotatable bonds is 4. The van der Waals surface area contributed by atoms with Crippen LogP contribution in [0.4, 0.5) is 0 Å². The van der Waals surface area contributed by atoms with Gasteiger partial charge < -0.3 is 10.1 Å². The first-order valence-corrected chi connectivity index (χ1v) is 8.53. The lowest BCUT2D eigenvalue weighted by Crippen LogP contribution is -2.44. The zero-order chi connectivity index (χ0) is 14.5. The zero-order valence-corrected chi connectivity index (χ0v) is 13.2. The van der Waals surface area contributed by atoms with Gasteiger partial charge in [0.1, 0.15) is 12.4 Å². The lowest BCUT2D eigenvalue weighted by Gasteiger charge is -2.35. The van der Waals surface area contributed by atoms with Gasteiger partial charge >= 0.3 is 0 Å². The van der Waals surface area contributed by atoms with Crippen LogP contribution in [0.1, 0.15) is 38.2 Å². The van der Waals surface area contributed by atoms with Gasteiger partial charge in [-0.05, 0) is 31.4 Å². The molecule has 1 aromatic rings. The molecule has 3 rings (SSSR count). The predicted molar refractivity (Wildman–Crippen MR) is 86.6 cm³/mol. The molecule has 2 aliphatic rings. The van der Waals surface area contributed by atoms with E-state index < -0.39 is 0 Å². The van der Waals surface area contributed by atoms with E-state index in [-0.39, 0.29) is 0 Å². The maximum atomic E-state index is 5.88. The highest BCUT2D eigenvalue weighted by atomic mass is 16.5. The van der Waals surface area contributed by atoms with E-state index in [4.69, 9.17) is 4.74 Å². The Balaban J connectivity index is 1.64. The summed E-state index contributed by atoms with van der Waals surface area (Å²) < 4.78 is 5.88. The van der Waals surface area contributed by atoms with E-state index in [9.17, 15) is 0 Å². The Morgan fingerprint density at radius 1 is 1.24 bits per heavy atom. The molecule has 0 spiro atoms. The SMILES string of the molecule is CCNC1CCCCC1CN1CCOc2ccccc2C1. The molecule has 21 heavy (non-hydrogen) atoms. The van der Waals surface area contributed by atoms with E-state index in [2.05, 4.69) is 41.4 Å². The minimum absolute atomic E-state index is 0.711. The number of benzene rings is 1. The second-order valence-corrected chi connectivity index (χ2v) is 6.40. The molecule has 2 unspecified atom stereocenters. The monoisotopic (exact) mass is 288 g/mol. The van der Waals surface area contributed by atoms with Gasteiger partial charge in [-0.15, -0.1) is 0 Å². The molecule has 0 aromatic heterocycles. The smallest absolute Gasteiger partial charge is 0.123 e. The summed E-state index contributed by atoms with van der Waals surface area (Å²) in [7, 11) is 0. The van der Waals surface area contributed by atoms with Crippen molar-refractivity contribution in [2.24, 2.45) is 5.92 Å². The summed E-state index contributed by atoms with van der Waals surface area (Å²) >= 11 is 0. The largest absolute Gasteiger partial charge is 0.492 e. The molecule has 116 valence electrons. The summed E-state index contributed by atoms with van der Waals surface area (Å²) in [4.78, 5) is 2.59. The van der Waals surface area contributed by atoms with E-state index in [0.29, 0.717) is 6.04 Å². The molecule has 0 radical (unpaired) electrons. The summed E-state index contributed by atoms with van der Waals surface area (Å²) in [5.74, 6) is 1.87. The van der Waals surface area contributed by atoms with Gasteiger partial charge in [-0.3, -0.25) is 4.90 Å². The van der Waals surface area contributed by atoms with Gasteiger partial charge in [-0.25, -0.2) is 0 Å². The topological polar surface area (TPSA) is 24.5 Å². The Bertz CT molecular complexity index is 447. The number of hydrogen-bond donors (Lipinski definition) is 1. The molecular weight excluding hydrogens is 260 g/mol. The molecule has 1 saturated carbocycles. The standard InChI is InChI=1S/C18H28N2O/c1-2-19-17-9-5-3-7-15(17)13-20-11-12-21-18-10-6-4-8-16(18)14-20/h4,6,8,10,15,17,19H,2-3,5,7,9,11-14H2,1H3. The quantitative estimate of drug-likeness (QED) is 0.921. The highest BCUT2D eigenvalue weighted by molar-refractivity contribution is 5.33. The fraction of sp³-hybridized carbons (Fsp3) is 0.667. The van der Waals surface area contributed by atoms with Crippen molar-refractivity contribution in [3.05, 3.63) is 29.8 Å². The summed E-state index contributed by atoms with van der Waals surface area (Å²) in [5, 5.41) is 3.70. The number of hydrogen-bond acceptors (Lipinski definition) is 3. The van der Waals surface area contributed by atoms with Gasteiger partial charge in [0.2, 0.25) is 0 Å². The first-order chi connectivity index (χ1) is 10.4. The van der Waals surface area contributed by atoms with Crippen LogP contribution in [0.3, 0.4) is 0 Å². The number of nitrogens with zero attached hydrogens (tertiary/aromatic N) is 1. The maximum absolute atomic E-state index is 5.88. The van der Waals surface area contributed by atoms with E-state index in [1.54, 1.807) is 0 Å². The van der Waals surface area contributed by atoms with Crippen molar-refractivity contribution >= 4 is 0 Å². The Morgan fingerprint density at radius 3 is 3.00 bits per heavy atom. The molecule has 1 fully saturated rings. The van der Waals surface area contributed by atoms with Crippen molar-refractivity contribution in [2.75, 3.05) is 26.2 Å². The number of nitrogens with one attached hydrogen (secondary N) is 1. The van der Waals surface area contributed by atoms with Crippen LogP contribution in [0.5, 0.6) is 5.75 Å². The summed E-state index contributed by atoms with van der Waals surface area (Å²) in [6.45, 7) is 7.41. The number of fused-ring (bicyclic) bond motifs is 1. The van der Waals surface area contributed by atoms with Crippen molar-refractivity contribution in [1.29, 1.82) is 0 Å². The summed E-state index contributed by atoms with van der Waals surface area (Å²) in [6.07, 6.45) is 5.50. The number of ether oxygens (including phenoxy) is 1. The molecule has 0 bridgehead atoms. The lowest BCUT2D eigenvalue weighted by atomic mass is 9.84. The third-order valence-electron chi connectivity index (χ3n) is 4.90. The van der Waals surface area contributed by atoms with Gasteiger partial charge in [-0.2, -0.15) is 0 Å². The van der Waals surface area contributed by atoms with Crippen LogP contribution in [0.2, 0.25) is 0 Å². The second-order valence-electron chi connectivity index (χ2n) is 6.40. The van der Waals surface area contributed by atoms with Crippen LogP contribution in [0.25, 0.3) is 0 Å². The van der Waals surface area contributed by atoms with Gasteiger partial charge in [0.25, 0.3) is 0 Å². The Hall–Kier alpha value is -1.06. The van der Waals surface area contributed by atoms with Crippen molar-refractivity contribution in [3.63, 3.8) is 0 Å². The molecule has 3 heteroatoms. The van der Waals surface area contributed by atoms with E-state index in [1.165, 1.54) is 37.8 Å². The van der Waals surface area contributed by atoms with Crippen molar-refractivity contribution in [2.45, 2.75) is 45.2 Å². The van der Waals surface area contributed by atoms with Gasteiger partial charge in [0.15, 0.2) is 0 Å². The highest BCUT2D eigenvalue weighted by Crippen LogP contribution is 2.28. The van der Waals surface area contributed by atoms with Gasteiger partial charge in [0, 0.05) is 31.2 Å². The van der Waals surface area contributed by atoms with Crippen molar-refractivity contribution in [3.8, 4) is 5.75 Å². The minimum Gasteiger partial charge on any atom is -0.492 e. The van der Waals surface area contributed by atoms with E-state index >= 15 is 0 Å². The molecule has 1 aliphatic carbocycles. The molecule has 0 saturated heterocycles. The first kappa shape index (κ1) is 14.9. The van der Waals surface area contributed by atoms with Gasteiger partial charge in [0.05, 0.1) is 0 Å². The average Bonchev–Trinajstić information content (AvgIpc) is 2.71. The molecule has 1 heterocycles. The molecule has 3 nitrogen and oxygen atoms in total. The van der Waals surface area contributed by atoms with Crippen LogP contribution in [-0.2, 0) is 6.54 Å². The van der Waals surface area contributed by atoms with Crippen LogP contribution in [0, 0.1) is 5.92 Å². The first-order valence-electron chi connectivity index (χ1n) is 8.53. The average molecular weight is 288 g/mol. The van der Waals surface area contributed by atoms with Crippen LogP contribution in [0.15, 0.2) is 24.3 Å². The predicted octanol–water partition coefficient (Wildman–Crippen LogP) is 3.05. The van der Waals surface area contributed by atoms with Crippen LogP contribution < -0.4 is 10.1 Å². The Morgan fingerprint density at radius 2 is 2.10 bits per heavy atom. The van der Waals surface area contributed by atoms with Crippen molar-refractivity contribution < 1.29 is 4.74 Å². The maximum Gasteiger partial charge on any atom is 0.123 e. The van der Waals surface area contributed by atoms with E-state index in [0.717, 1.165) is 37.9 Å². The van der Waals surface area contributed by atoms with Crippen LogP contribution in [-0.4, -0.2) is 37.2 Å². The van der Waals surface area contributed by atoms with Crippen molar-refractivity contribution in [1.82, 2.24) is 10.2 Å². The molecule has 1 aromatic carbocycles. The van der Waals surface area contributed by atoms with Crippen LogP contribution >= 0.6 is 0 Å². The molecular formula is C18H28N2O. The zero-order valence-electron chi connectivity index (χ0n) is 13.2. The third kappa shape index (κ3) is 3.78. The lowest BCUT2D eigenvalue weighted by molar-refractivity contribution is 0.153. The minimum atomic E-state index is 0.711. The third-order valence-corrected chi connectivity index (χ3v) is 4.90. The second kappa shape index (κ2) is 7.28. The summed E-state index contributed by atoms with van der Waals surface area (Å²) in [5.41, 5.74) is 1.34. The summed E-state index contributed by atoms with van der Waals surface area (Å²) in [6, 6.07) is 9.20.